The van der Waals surface area contributed by atoms with Gasteiger partial charge in [0, 0.05) is 35.3 Å². The molecule has 1 atom stereocenters. The molecule has 2 N–H and O–H groups in total. The van der Waals surface area contributed by atoms with Crippen molar-refractivity contribution in [3.8, 4) is 16.9 Å². The second-order valence-electron chi connectivity index (χ2n) is 7.87. The van der Waals surface area contributed by atoms with Gasteiger partial charge in [0.2, 0.25) is 11.8 Å². The van der Waals surface area contributed by atoms with Gasteiger partial charge in [-0.2, -0.15) is 0 Å². The first-order valence-corrected chi connectivity index (χ1v) is 11.8. The molecule has 1 aliphatic heterocycles. The fraction of sp³-hybridized carbons (Fsp3) is 0.292. The summed E-state index contributed by atoms with van der Waals surface area (Å²) >= 11 is 7.69. The average Bonchev–Trinajstić information content (AvgIpc) is 3.22. The first-order valence-electron chi connectivity index (χ1n) is 10.6. The van der Waals surface area contributed by atoms with Gasteiger partial charge in [-0.1, -0.05) is 59.8 Å². The lowest BCUT2D eigenvalue weighted by Gasteiger charge is -2.32. The van der Waals surface area contributed by atoms with Crippen LogP contribution in [0.4, 0.5) is 0 Å². The Morgan fingerprint density at radius 3 is 2.50 bits per heavy atom. The van der Waals surface area contributed by atoms with Crippen molar-refractivity contribution < 1.29 is 9.59 Å². The third kappa shape index (κ3) is 4.84. The Morgan fingerprint density at radius 1 is 1.12 bits per heavy atom. The van der Waals surface area contributed by atoms with Gasteiger partial charge in [-0.05, 0) is 38.0 Å². The number of hydrogen-bond acceptors (Lipinski definition) is 4. The van der Waals surface area contributed by atoms with Gasteiger partial charge < -0.3 is 10.6 Å². The number of benzene rings is 2. The van der Waals surface area contributed by atoms with Crippen molar-refractivity contribution in [2.75, 3.05) is 13.1 Å². The summed E-state index contributed by atoms with van der Waals surface area (Å²) in [6, 6.07) is 17.6. The van der Waals surface area contributed by atoms with Crippen LogP contribution in [0.25, 0.3) is 16.9 Å². The summed E-state index contributed by atoms with van der Waals surface area (Å²) in [6.07, 6.45) is 3.07. The molecule has 2 amide bonds. The Morgan fingerprint density at radius 2 is 1.84 bits per heavy atom. The number of amides is 2. The van der Waals surface area contributed by atoms with Gasteiger partial charge in [-0.25, -0.2) is 4.98 Å². The van der Waals surface area contributed by atoms with Crippen LogP contribution in [0.1, 0.15) is 19.8 Å². The van der Waals surface area contributed by atoms with E-state index >= 15 is 0 Å². The largest absolute Gasteiger partial charge is 0.369 e. The van der Waals surface area contributed by atoms with Crippen LogP contribution in [0, 0.1) is 5.92 Å². The number of imidazole rings is 1. The molecule has 8 heteroatoms. The number of likely N-dealkylation sites (tertiary alicyclic amines) is 1. The number of carbonyl (C=O) groups is 2. The maximum Gasteiger partial charge on any atom is 0.235 e. The molecule has 6 nitrogen and oxygen atoms in total. The predicted octanol–water partition coefficient (Wildman–Crippen LogP) is 4.40. The normalized spacial score (nSPS) is 15.5. The molecule has 2 heterocycles. The summed E-state index contributed by atoms with van der Waals surface area (Å²) in [5.74, 6) is -0.381. The van der Waals surface area contributed by atoms with Crippen molar-refractivity contribution in [2.24, 2.45) is 11.7 Å². The number of thioether (sulfide) groups is 1. The number of nitrogens with two attached hydrogens (primary N) is 1. The van der Waals surface area contributed by atoms with E-state index in [2.05, 4.69) is 4.98 Å². The molecule has 2 aromatic carbocycles. The third-order valence-electron chi connectivity index (χ3n) is 5.70. The van der Waals surface area contributed by atoms with E-state index in [0.29, 0.717) is 31.0 Å². The van der Waals surface area contributed by atoms with E-state index in [-0.39, 0.29) is 23.0 Å². The van der Waals surface area contributed by atoms with Gasteiger partial charge >= 0.3 is 0 Å². The standard InChI is InChI=1S/C24H25ClN4O2S/c1-16(23(31)28-12-10-18(11-13-28)22(26)30)32-24-27-15-21(17-6-3-2-4-7-17)29(24)20-9-5-8-19(25)14-20/h2-9,14-16,18H,10-13H2,1H3,(H2,26,30). The lowest BCUT2D eigenvalue weighted by molar-refractivity contribution is -0.134. The number of aromatic nitrogens is 2. The summed E-state index contributed by atoms with van der Waals surface area (Å²) in [4.78, 5) is 31.0. The van der Waals surface area contributed by atoms with E-state index in [1.54, 1.807) is 0 Å². The SMILES string of the molecule is CC(Sc1ncc(-c2ccccc2)n1-c1cccc(Cl)c1)C(=O)N1CCC(C(N)=O)CC1. The van der Waals surface area contributed by atoms with Crippen LogP contribution >= 0.6 is 23.4 Å². The summed E-state index contributed by atoms with van der Waals surface area (Å²) < 4.78 is 2.04. The average molecular weight is 469 g/mol. The van der Waals surface area contributed by atoms with Crippen molar-refractivity contribution in [3.05, 3.63) is 65.8 Å². The highest BCUT2D eigenvalue weighted by molar-refractivity contribution is 8.00. The molecule has 166 valence electrons. The minimum atomic E-state index is -0.330. The number of hydrogen-bond donors (Lipinski definition) is 1. The van der Waals surface area contributed by atoms with Crippen molar-refractivity contribution in [1.29, 1.82) is 0 Å². The zero-order valence-corrected chi connectivity index (χ0v) is 19.4. The number of piperidine rings is 1. The molecule has 0 aliphatic carbocycles. The molecule has 32 heavy (non-hydrogen) atoms. The topological polar surface area (TPSA) is 81.2 Å². The number of carbonyl (C=O) groups excluding carboxylic acids is 2. The first kappa shape index (κ1) is 22.4. The lowest BCUT2D eigenvalue weighted by Crippen LogP contribution is -2.44. The van der Waals surface area contributed by atoms with Gasteiger partial charge in [-0.3, -0.25) is 14.2 Å². The maximum absolute atomic E-state index is 13.1. The minimum Gasteiger partial charge on any atom is -0.369 e. The molecule has 1 aliphatic rings. The number of rotatable bonds is 6. The molecule has 1 aromatic heterocycles. The van der Waals surface area contributed by atoms with E-state index in [1.807, 2.05) is 77.2 Å². The Balaban J connectivity index is 1.59. The predicted molar refractivity (Wildman–Crippen MR) is 128 cm³/mol. The van der Waals surface area contributed by atoms with Gasteiger partial charge in [-0.15, -0.1) is 0 Å². The summed E-state index contributed by atoms with van der Waals surface area (Å²) in [5, 5.41) is 1.02. The highest BCUT2D eigenvalue weighted by Gasteiger charge is 2.29. The van der Waals surface area contributed by atoms with E-state index in [0.717, 1.165) is 22.1 Å². The molecule has 0 spiro atoms. The van der Waals surface area contributed by atoms with Crippen molar-refractivity contribution in [3.63, 3.8) is 0 Å². The van der Waals surface area contributed by atoms with Crippen LogP contribution in [0.15, 0.2) is 66.0 Å². The maximum atomic E-state index is 13.1. The minimum absolute atomic E-state index is 0.0415. The van der Waals surface area contributed by atoms with Crippen molar-refractivity contribution in [2.45, 2.75) is 30.2 Å². The first-order chi connectivity index (χ1) is 15.4. The van der Waals surface area contributed by atoms with Crippen LogP contribution in [0.5, 0.6) is 0 Å². The van der Waals surface area contributed by atoms with Crippen LogP contribution in [-0.2, 0) is 9.59 Å². The van der Waals surface area contributed by atoms with Crippen LogP contribution in [-0.4, -0.2) is 44.6 Å². The quantitative estimate of drug-likeness (QED) is 0.544. The molecule has 4 rings (SSSR count). The number of halogens is 1. The molecule has 1 unspecified atom stereocenters. The van der Waals surface area contributed by atoms with E-state index < -0.39 is 0 Å². The van der Waals surface area contributed by atoms with Crippen LogP contribution in [0.3, 0.4) is 0 Å². The van der Waals surface area contributed by atoms with Crippen LogP contribution in [0.2, 0.25) is 5.02 Å². The van der Waals surface area contributed by atoms with E-state index in [4.69, 9.17) is 17.3 Å². The van der Waals surface area contributed by atoms with E-state index in [9.17, 15) is 9.59 Å². The second kappa shape index (κ2) is 9.79. The van der Waals surface area contributed by atoms with Gasteiger partial charge in [0.25, 0.3) is 0 Å². The number of primary amides is 1. The molecule has 3 aromatic rings. The number of nitrogens with zero attached hydrogens (tertiary/aromatic N) is 3. The molecule has 0 saturated carbocycles. The highest BCUT2D eigenvalue weighted by atomic mass is 35.5. The summed E-state index contributed by atoms with van der Waals surface area (Å²) in [6.45, 7) is 3.00. The monoisotopic (exact) mass is 468 g/mol. The molecule has 1 saturated heterocycles. The Bertz CT molecular complexity index is 1110. The van der Waals surface area contributed by atoms with Crippen molar-refractivity contribution >= 4 is 35.2 Å². The Labute approximate surface area is 196 Å². The molecule has 0 bridgehead atoms. The highest BCUT2D eigenvalue weighted by Crippen LogP contribution is 2.33. The fourth-order valence-corrected chi connectivity index (χ4v) is 5.12. The second-order valence-corrected chi connectivity index (χ2v) is 9.61. The third-order valence-corrected chi connectivity index (χ3v) is 6.99. The molecular formula is C24H25ClN4O2S. The zero-order valence-electron chi connectivity index (χ0n) is 17.8. The molecule has 1 fully saturated rings. The molecule has 0 radical (unpaired) electrons. The van der Waals surface area contributed by atoms with Crippen molar-refractivity contribution in [1.82, 2.24) is 14.5 Å². The Hall–Kier alpha value is -2.77. The Kier molecular flexibility index (Phi) is 6.86. The smallest absolute Gasteiger partial charge is 0.235 e. The van der Waals surface area contributed by atoms with E-state index in [1.165, 1.54) is 11.8 Å². The zero-order chi connectivity index (χ0) is 22.7. The van der Waals surface area contributed by atoms with Gasteiger partial charge in [0.15, 0.2) is 5.16 Å². The lowest BCUT2D eigenvalue weighted by atomic mass is 9.96. The van der Waals surface area contributed by atoms with Gasteiger partial charge in [0.1, 0.15) is 0 Å². The van der Waals surface area contributed by atoms with Crippen LogP contribution < -0.4 is 5.73 Å². The van der Waals surface area contributed by atoms with Gasteiger partial charge in [0.05, 0.1) is 17.1 Å². The summed E-state index contributed by atoms with van der Waals surface area (Å²) in [7, 11) is 0. The molecular weight excluding hydrogens is 444 g/mol. The fourth-order valence-electron chi connectivity index (χ4n) is 3.95. The summed E-state index contributed by atoms with van der Waals surface area (Å²) in [5.41, 5.74) is 8.26.